The molecule has 1 fully saturated rings. The average Bonchev–Trinajstić information content (AvgIpc) is 2.68. The van der Waals surface area contributed by atoms with Crippen molar-refractivity contribution in [3.05, 3.63) is 28.2 Å². The molecule has 104 valence electrons. The third kappa shape index (κ3) is 3.27. The molecule has 0 amide bonds. The van der Waals surface area contributed by atoms with Crippen molar-refractivity contribution < 1.29 is 8.42 Å². The van der Waals surface area contributed by atoms with Crippen LogP contribution in [0.25, 0.3) is 0 Å². The average molecular weight is 363 g/mol. The molecule has 2 N–H and O–H groups in total. The van der Waals surface area contributed by atoms with Gasteiger partial charge in [0.15, 0.2) is 9.84 Å². The van der Waals surface area contributed by atoms with E-state index in [2.05, 4.69) is 15.9 Å². The van der Waals surface area contributed by atoms with Crippen molar-refractivity contribution in [1.29, 1.82) is 0 Å². The lowest BCUT2D eigenvalue weighted by Crippen LogP contribution is -2.32. The summed E-state index contributed by atoms with van der Waals surface area (Å²) in [6.45, 7) is 0. The summed E-state index contributed by atoms with van der Waals surface area (Å²) in [6.07, 6.45) is 0.669. The molecule has 1 aliphatic heterocycles. The Bertz CT molecular complexity index is 616. The quantitative estimate of drug-likeness (QED) is 0.829. The van der Waals surface area contributed by atoms with E-state index in [0.717, 1.165) is 15.7 Å². The van der Waals surface area contributed by atoms with E-state index in [1.165, 1.54) is 0 Å². The molecular weight excluding hydrogens is 348 g/mol. The fourth-order valence-electron chi connectivity index (χ4n) is 2.22. The predicted molar refractivity (Wildman–Crippen MR) is 85.5 cm³/mol. The lowest BCUT2D eigenvalue weighted by atomic mass is 10.1. The second-order valence-electron chi connectivity index (χ2n) is 4.70. The van der Waals surface area contributed by atoms with Gasteiger partial charge in [-0.1, -0.05) is 12.2 Å². The first-order valence-electron chi connectivity index (χ1n) is 5.83. The van der Waals surface area contributed by atoms with Crippen LogP contribution in [-0.2, 0) is 9.84 Å². The molecule has 0 radical (unpaired) electrons. The Morgan fingerprint density at radius 1 is 1.53 bits per heavy atom. The number of benzene rings is 1. The number of rotatable bonds is 3. The summed E-state index contributed by atoms with van der Waals surface area (Å²) in [5.74, 6) is 0.484. The molecule has 1 aromatic rings. The third-order valence-corrected chi connectivity index (χ3v) is 5.99. The first-order chi connectivity index (χ1) is 8.80. The molecule has 0 saturated carbocycles. The molecule has 7 heteroatoms. The van der Waals surface area contributed by atoms with Crippen LogP contribution in [0.1, 0.15) is 12.0 Å². The maximum atomic E-state index is 11.5. The van der Waals surface area contributed by atoms with E-state index >= 15 is 0 Å². The smallest absolute Gasteiger partial charge is 0.152 e. The van der Waals surface area contributed by atoms with Gasteiger partial charge < -0.3 is 10.6 Å². The van der Waals surface area contributed by atoms with E-state index in [-0.39, 0.29) is 17.5 Å². The van der Waals surface area contributed by atoms with Gasteiger partial charge in [0.1, 0.15) is 4.99 Å². The fourth-order valence-corrected chi connectivity index (χ4v) is 4.78. The van der Waals surface area contributed by atoms with Gasteiger partial charge in [-0.25, -0.2) is 8.42 Å². The van der Waals surface area contributed by atoms with E-state index in [1.54, 1.807) is 0 Å². The van der Waals surface area contributed by atoms with Crippen LogP contribution in [-0.4, -0.2) is 38.0 Å². The van der Waals surface area contributed by atoms with E-state index < -0.39 is 9.84 Å². The lowest BCUT2D eigenvalue weighted by molar-refractivity contribution is 0.601. The summed E-state index contributed by atoms with van der Waals surface area (Å²) in [6, 6.07) is 5.64. The molecule has 2 rings (SSSR count). The summed E-state index contributed by atoms with van der Waals surface area (Å²) in [5, 5.41) is 0. The zero-order chi connectivity index (χ0) is 14.2. The molecule has 19 heavy (non-hydrogen) atoms. The third-order valence-electron chi connectivity index (χ3n) is 3.37. The molecule has 1 unspecified atom stereocenters. The van der Waals surface area contributed by atoms with Crippen LogP contribution in [0.3, 0.4) is 0 Å². The molecule has 1 aliphatic rings. The summed E-state index contributed by atoms with van der Waals surface area (Å²) in [4.78, 5) is 2.34. The van der Waals surface area contributed by atoms with Gasteiger partial charge in [-0.3, -0.25) is 0 Å². The molecule has 0 spiro atoms. The van der Waals surface area contributed by atoms with Gasteiger partial charge in [0.25, 0.3) is 0 Å². The van der Waals surface area contributed by atoms with Crippen LogP contribution in [0.2, 0.25) is 0 Å². The van der Waals surface area contributed by atoms with E-state index in [1.807, 2.05) is 30.1 Å². The number of hydrogen-bond acceptors (Lipinski definition) is 4. The highest BCUT2D eigenvalue weighted by Gasteiger charge is 2.31. The van der Waals surface area contributed by atoms with Crippen molar-refractivity contribution in [3.8, 4) is 0 Å². The molecule has 1 aromatic carbocycles. The minimum Gasteiger partial charge on any atom is -0.389 e. The fraction of sp³-hybridized carbons (Fsp3) is 0.417. The number of hydrogen-bond donors (Lipinski definition) is 1. The number of thiocarbonyl (C=S) groups is 1. The Morgan fingerprint density at radius 3 is 2.68 bits per heavy atom. The Morgan fingerprint density at radius 2 is 2.21 bits per heavy atom. The molecular formula is C12H15BrN2O2S2. The summed E-state index contributed by atoms with van der Waals surface area (Å²) >= 11 is 8.42. The maximum Gasteiger partial charge on any atom is 0.152 e. The molecule has 1 atom stereocenters. The van der Waals surface area contributed by atoms with Crippen LogP contribution >= 0.6 is 28.1 Å². The van der Waals surface area contributed by atoms with E-state index in [9.17, 15) is 8.42 Å². The molecule has 0 aromatic heterocycles. The Labute approximate surface area is 127 Å². The minimum absolute atomic E-state index is 0.0250. The highest BCUT2D eigenvalue weighted by atomic mass is 79.9. The second-order valence-corrected chi connectivity index (χ2v) is 8.22. The topological polar surface area (TPSA) is 63.4 Å². The van der Waals surface area contributed by atoms with Gasteiger partial charge in [-0.2, -0.15) is 0 Å². The van der Waals surface area contributed by atoms with Crippen molar-refractivity contribution in [1.82, 2.24) is 0 Å². The van der Waals surface area contributed by atoms with Gasteiger partial charge in [-0.15, -0.1) is 0 Å². The molecule has 1 saturated heterocycles. The molecule has 4 nitrogen and oxygen atoms in total. The highest BCUT2D eigenvalue weighted by Crippen LogP contribution is 2.30. The predicted octanol–water partition coefficient (Wildman–Crippen LogP) is 1.71. The van der Waals surface area contributed by atoms with Crippen LogP contribution in [0.15, 0.2) is 22.7 Å². The van der Waals surface area contributed by atoms with Crippen LogP contribution < -0.4 is 10.6 Å². The number of anilines is 1. The van der Waals surface area contributed by atoms with E-state index in [0.29, 0.717) is 11.4 Å². The molecule has 0 bridgehead atoms. The summed E-state index contributed by atoms with van der Waals surface area (Å²) < 4.78 is 23.9. The SMILES string of the molecule is CN(c1ccc(C(N)=S)cc1Br)C1CCS(=O)(=O)C1. The first kappa shape index (κ1) is 14.7. The van der Waals surface area contributed by atoms with Gasteiger partial charge in [0, 0.05) is 23.1 Å². The number of nitrogens with two attached hydrogens (primary N) is 1. The van der Waals surface area contributed by atoms with Gasteiger partial charge in [0.2, 0.25) is 0 Å². The largest absolute Gasteiger partial charge is 0.389 e. The van der Waals surface area contributed by atoms with Crippen molar-refractivity contribution in [2.45, 2.75) is 12.5 Å². The lowest BCUT2D eigenvalue weighted by Gasteiger charge is -2.27. The number of halogens is 1. The summed E-state index contributed by atoms with van der Waals surface area (Å²) in [7, 11) is -0.972. The van der Waals surface area contributed by atoms with Crippen molar-refractivity contribution in [2.75, 3.05) is 23.5 Å². The Balaban J connectivity index is 2.25. The molecule has 0 aliphatic carbocycles. The number of nitrogens with zero attached hydrogens (tertiary/aromatic N) is 1. The van der Waals surface area contributed by atoms with Crippen LogP contribution in [0, 0.1) is 0 Å². The minimum atomic E-state index is -2.88. The standard InChI is InChI=1S/C12H15BrN2O2S2/c1-15(9-4-5-19(16,17)7-9)11-3-2-8(12(14)18)6-10(11)13/h2-3,6,9H,4-5,7H2,1H3,(H2,14,18). The zero-order valence-electron chi connectivity index (χ0n) is 10.5. The Kier molecular flexibility index (Phi) is 4.17. The summed E-state index contributed by atoms with van der Waals surface area (Å²) in [5.41, 5.74) is 7.32. The van der Waals surface area contributed by atoms with Crippen LogP contribution in [0.5, 0.6) is 0 Å². The second kappa shape index (κ2) is 5.38. The van der Waals surface area contributed by atoms with Crippen molar-refractivity contribution in [2.24, 2.45) is 5.73 Å². The van der Waals surface area contributed by atoms with Gasteiger partial charge in [0.05, 0.1) is 17.2 Å². The normalized spacial score (nSPS) is 21.3. The van der Waals surface area contributed by atoms with Gasteiger partial charge >= 0.3 is 0 Å². The van der Waals surface area contributed by atoms with Crippen LogP contribution in [0.4, 0.5) is 5.69 Å². The maximum absolute atomic E-state index is 11.5. The monoisotopic (exact) mass is 362 g/mol. The number of sulfone groups is 1. The zero-order valence-corrected chi connectivity index (χ0v) is 13.7. The first-order valence-corrected chi connectivity index (χ1v) is 8.85. The van der Waals surface area contributed by atoms with Crippen molar-refractivity contribution >= 4 is 48.7 Å². The Hall–Kier alpha value is -0.660. The van der Waals surface area contributed by atoms with Crippen molar-refractivity contribution in [3.63, 3.8) is 0 Å². The van der Waals surface area contributed by atoms with E-state index in [4.69, 9.17) is 18.0 Å². The molecule has 1 heterocycles. The van der Waals surface area contributed by atoms with Gasteiger partial charge in [-0.05, 0) is 40.5 Å². The highest BCUT2D eigenvalue weighted by molar-refractivity contribution is 9.10.